The Hall–Kier alpha value is -4.96. The number of aromatic nitrogens is 1. The zero-order chi connectivity index (χ0) is 28.1. The van der Waals surface area contributed by atoms with Gasteiger partial charge >= 0.3 is 0 Å². The Morgan fingerprint density at radius 2 is 1.29 bits per heavy atom. The first-order valence-corrected chi connectivity index (χ1v) is 13.9. The van der Waals surface area contributed by atoms with Gasteiger partial charge in [-0.15, -0.1) is 0 Å². The van der Waals surface area contributed by atoms with Gasteiger partial charge in [0.05, 0.1) is 23.7 Å². The van der Waals surface area contributed by atoms with Crippen LogP contribution in [-0.4, -0.2) is 18.0 Å². The van der Waals surface area contributed by atoms with Crippen molar-refractivity contribution in [2.75, 3.05) is 12.4 Å². The lowest BCUT2D eigenvalue weighted by molar-refractivity contribution is -0.125. The van der Waals surface area contributed by atoms with Gasteiger partial charge in [0.15, 0.2) is 0 Å². The number of amides is 1. The predicted molar refractivity (Wildman–Crippen MR) is 167 cm³/mol. The number of hydrogen-bond donors (Lipinski definition) is 1. The van der Waals surface area contributed by atoms with E-state index in [4.69, 9.17) is 4.74 Å². The third-order valence-corrected chi connectivity index (χ3v) is 7.81. The predicted octanol–water partition coefficient (Wildman–Crippen LogP) is 8.05. The molecule has 0 aliphatic rings. The van der Waals surface area contributed by atoms with E-state index < -0.39 is 5.41 Å². The summed E-state index contributed by atoms with van der Waals surface area (Å²) in [6, 6.07) is 43.1. The van der Waals surface area contributed by atoms with Crippen molar-refractivity contribution >= 4 is 33.3 Å². The number of carbonyl (C=O) groups excluding carboxylic acids is 1. The van der Waals surface area contributed by atoms with Crippen molar-refractivity contribution in [1.82, 2.24) is 4.98 Å². The molecule has 5 aromatic carbocycles. The highest BCUT2D eigenvalue weighted by atomic mass is 16.5. The van der Waals surface area contributed by atoms with Crippen LogP contribution < -0.4 is 10.1 Å². The molecule has 0 aliphatic heterocycles. The van der Waals surface area contributed by atoms with Crippen molar-refractivity contribution < 1.29 is 9.53 Å². The van der Waals surface area contributed by atoms with Crippen LogP contribution in [0.25, 0.3) is 21.7 Å². The van der Waals surface area contributed by atoms with E-state index >= 15 is 0 Å². The first-order chi connectivity index (χ1) is 20.1. The normalized spacial score (nSPS) is 12.6. The second-order valence-corrected chi connectivity index (χ2v) is 10.7. The first kappa shape index (κ1) is 26.3. The molecule has 1 unspecified atom stereocenters. The van der Waals surface area contributed by atoms with E-state index in [9.17, 15) is 4.79 Å². The van der Waals surface area contributed by atoms with Gasteiger partial charge in [-0.3, -0.25) is 9.78 Å². The molecule has 1 atom stereocenters. The lowest BCUT2D eigenvalue weighted by Gasteiger charge is -2.34. The summed E-state index contributed by atoms with van der Waals surface area (Å²) in [7, 11) is 1.67. The summed E-state index contributed by atoms with van der Waals surface area (Å²) in [6.07, 6.45) is 3.48. The number of carbonyl (C=O) groups is 1. The molecule has 6 aromatic rings. The number of methoxy groups -OCH3 is 1. The Balaban J connectivity index is 1.47. The third-order valence-electron chi connectivity index (χ3n) is 7.81. The average molecular weight is 537 g/mol. The number of hydrogen-bond acceptors (Lipinski definition) is 3. The number of rotatable bonds is 9. The van der Waals surface area contributed by atoms with E-state index in [2.05, 4.69) is 77.0 Å². The quantitative estimate of drug-likeness (QED) is 0.203. The van der Waals surface area contributed by atoms with Gasteiger partial charge in [0, 0.05) is 11.6 Å². The maximum atomic E-state index is 14.7. The van der Waals surface area contributed by atoms with Crippen LogP contribution in [0, 0.1) is 5.41 Å². The number of anilines is 1. The zero-order valence-electron chi connectivity index (χ0n) is 23.1. The summed E-state index contributed by atoms with van der Waals surface area (Å²) < 4.78 is 5.41. The van der Waals surface area contributed by atoms with Gasteiger partial charge < -0.3 is 10.1 Å². The minimum Gasteiger partial charge on any atom is -0.497 e. The zero-order valence-corrected chi connectivity index (χ0v) is 23.1. The third kappa shape index (κ3) is 5.82. The highest BCUT2D eigenvalue weighted by Crippen LogP contribution is 2.36. The van der Waals surface area contributed by atoms with E-state index in [1.807, 2.05) is 60.7 Å². The van der Waals surface area contributed by atoms with Gasteiger partial charge in [-0.2, -0.15) is 0 Å². The summed E-state index contributed by atoms with van der Waals surface area (Å²) >= 11 is 0. The van der Waals surface area contributed by atoms with Crippen LogP contribution in [0.4, 0.5) is 5.69 Å². The summed E-state index contributed by atoms with van der Waals surface area (Å²) in [5, 5.41) is 6.66. The van der Waals surface area contributed by atoms with E-state index in [1.165, 1.54) is 10.8 Å². The maximum absolute atomic E-state index is 14.7. The second-order valence-electron chi connectivity index (χ2n) is 10.7. The molecule has 0 radical (unpaired) electrons. The summed E-state index contributed by atoms with van der Waals surface area (Å²) in [5.41, 5.74) is 4.04. The van der Waals surface area contributed by atoms with Gasteiger partial charge in [-0.1, -0.05) is 103 Å². The second kappa shape index (κ2) is 11.6. The van der Waals surface area contributed by atoms with Crippen LogP contribution in [-0.2, 0) is 24.1 Å². The standard InChI is InChI=1S/C37H32N2O2/c1-41-33-20-17-28(18-21-33)25-37(24-27-9-3-2-4-10-27,26-29-16-19-30-11-5-6-12-32(30)23-29)36(40)39-34-15-7-13-31-14-8-22-38-35(31)34/h2-23H,24-26H2,1H3,(H,39,40). The molecule has 4 heteroatoms. The Kier molecular flexibility index (Phi) is 7.46. The smallest absolute Gasteiger partial charge is 0.231 e. The molecule has 6 rings (SSSR count). The van der Waals surface area contributed by atoms with Gasteiger partial charge in [0.2, 0.25) is 5.91 Å². The minimum atomic E-state index is -0.782. The molecule has 0 bridgehead atoms. The summed E-state index contributed by atoms with van der Waals surface area (Å²) in [6.45, 7) is 0. The molecular weight excluding hydrogens is 504 g/mol. The molecule has 0 spiro atoms. The number of fused-ring (bicyclic) bond motifs is 2. The lowest BCUT2D eigenvalue weighted by atomic mass is 9.71. The molecule has 4 nitrogen and oxygen atoms in total. The van der Waals surface area contributed by atoms with E-state index in [0.717, 1.165) is 39.0 Å². The number of pyridine rings is 1. The molecule has 0 aliphatic carbocycles. The van der Waals surface area contributed by atoms with Crippen LogP contribution in [0.1, 0.15) is 16.7 Å². The number of para-hydroxylation sites is 1. The largest absolute Gasteiger partial charge is 0.497 e. The molecule has 1 N–H and O–H groups in total. The highest BCUT2D eigenvalue weighted by Gasteiger charge is 2.39. The molecule has 202 valence electrons. The molecule has 1 amide bonds. The summed E-state index contributed by atoms with van der Waals surface area (Å²) in [4.78, 5) is 19.3. The monoisotopic (exact) mass is 536 g/mol. The average Bonchev–Trinajstić information content (AvgIpc) is 3.02. The number of nitrogens with zero attached hydrogens (tertiary/aromatic N) is 1. The first-order valence-electron chi connectivity index (χ1n) is 13.9. The Morgan fingerprint density at radius 3 is 2.07 bits per heavy atom. The Labute approximate surface area is 240 Å². The van der Waals surface area contributed by atoms with Crippen molar-refractivity contribution in [2.24, 2.45) is 5.41 Å². The van der Waals surface area contributed by atoms with Crippen LogP contribution in [0.3, 0.4) is 0 Å². The van der Waals surface area contributed by atoms with Crippen LogP contribution >= 0.6 is 0 Å². The van der Waals surface area contributed by atoms with Crippen molar-refractivity contribution in [3.63, 3.8) is 0 Å². The Bertz CT molecular complexity index is 1790. The highest BCUT2D eigenvalue weighted by molar-refractivity contribution is 6.03. The van der Waals surface area contributed by atoms with Crippen LogP contribution in [0.5, 0.6) is 5.75 Å². The fourth-order valence-electron chi connectivity index (χ4n) is 5.75. The SMILES string of the molecule is COc1ccc(CC(Cc2ccccc2)(Cc2ccc3ccccc3c2)C(=O)Nc2cccc3cccnc23)cc1. The number of ether oxygens (including phenoxy) is 1. The van der Waals surface area contributed by atoms with Crippen molar-refractivity contribution in [1.29, 1.82) is 0 Å². The van der Waals surface area contributed by atoms with Gasteiger partial charge in [0.25, 0.3) is 0 Å². The molecular formula is C37H32N2O2. The fraction of sp³-hybridized carbons (Fsp3) is 0.135. The molecule has 41 heavy (non-hydrogen) atoms. The van der Waals surface area contributed by atoms with Gasteiger partial charge in [0.1, 0.15) is 5.75 Å². The number of benzene rings is 5. The minimum absolute atomic E-state index is 0.0246. The topological polar surface area (TPSA) is 51.2 Å². The maximum Gasteiger partial charge on any atom is 0.231 e. The van der Waals surface area contributed by atoms with Crippen molar-refractivity contribution in [2.45, 2.75) is 19.3 Å². The van der Waals surface area contributed by atoms with E-state index in [1.54, 1.807) is 13.3 Å². The van der Waals surface area contributed by atoms with E-state index in [-0.39, 0.29) is 5.91 Å². The van der Waals surface area contributed by atoms with Crippen LogP contribution in [0.2, 0.25) is 0 Å². The van der Waals surface area contributed by atoms with Gasteiger partial charge in [-0.25, -0.2) is 0 Å². The molecule has 1 aromatic heterocycles. The van der Waals surface area contributed by atoms with Crippen LogP contribution in [0.15, 0.2) is 134 Å². The van der Waals surface area contributed by atoms with Crippen molar-refractivity contribution in [3.8, 4) is 5.75 Å². The number of nitrogens with one attached hydrogen (secondary N) is 1. The van der Waals surface area contributed by atoms with Gasteiger partial charge in [-0.05, 0) is 71.0 Å². The molecule has 0 fully saturated rings. The lowest BCUT2D eigenvalue weighted by Crippen LogP contribution is -2.42. The summed E-state index contributed by atoms with van der Waals surface area (Å²) in [5.74, 6) is 0.770. The molecule has 0 saturated heterocycles. The molecule has 0 saturated carbocycles. The fourth-order valence-corrected chi connectivity index (χ4v) is 5.75. The molecule has 1 heterocycles. The van der Waals surface area contributed by atoms with E-state index in [0.29, 0.717) is 19.3 Å². The van der Waals surface area contributed by atoms with Crippen molar-refractivity contribution in [3.05, 3.63) is 150 Å². The Morgan fingerprint density at radius 1 is 0.659 bits per heavy atom.